The van der Waals surface area contributed by atoms with E-state index in [2.05, 4.69) is 15.9 Å². The SMILES string of the molecule is COc1ccc(Br)cc1CC1(CO)COC1. The minimum absolute atomic E-state index is 0.117. The fraction of sp³-hybridized carbons (Fsp3) is 0.500. The molecule has 0 saturated carbocycles. The molecule has 16 heavy (non-hydrogen) atoms. The minimum Gasteiger partial charge on any atom is -0.496 e. The first-order valence-electron chi connectivity index (χ1n) is 5.20. The van der Waals surface area contributed by atoms with E-state index in [1.54, 1.807) is 7.11 Å². The fourth-order valence-electron chi connectivity index (χ4n) is 1.93. The number of benzene rings is 1. The summed E-state index contributed by atoms with van der Waals surface area (Å²) in [6, 6.07) is 5.92. The predicted octanol–water partition coefficient (Wildman–Crippen LogP) is 2.01. The van der Waals surface area contributed by atoms with Crippen LogP contribution in [0.15, 0.2) is 22.7 Å². The van der Waals surface area contributed by atoms with Crippen LogP contribution in [0.4, 0.5) is 0 Å². The number of rotatable bonds is 4. The Morgan fingerprint density at radius 3 is 2.75 bits per heavy atom. The summed E-state index contributed by atoms with van der Waals surface area (Å²) in [5.74, 6) is 0.864. The van der Waals surface area contributed by atoms with E-state index in [0.29, 0.717) is 13.2 Å². The number of aliphatic hydroxyl groups excluding tert-OH is 1. The summed E-state index contributed by atoms with van der Waals surface area (Å²) in [4.78, 5) is 0. The third-order valence-corrected chi connectivity index (χ3v) is 3.45. The molecule has 1 fully saturated rings. The molecule has 1 saturated heterocycles. The third kappa shape index (κ3) is 2.24. The lowest BCUT2D eigenvalue weighted by Gasteiger charge is -2.40. The Bertz CT molecular complexity index is 369. The summed E-state index contributed by atoms with van der Waals surface area (Å²) in [6.45, 7) is 1.40. The topological polar surface area (TPSA) is 38.7 Å². The molecule has 0 aromatic heterocycles. The molecule has 1 aromatic rings. The number of hydrogen-bond acceptors (Lipinski definition) is 3. The number of hydrogen-bond donors (Lipinski definition) is 1. The molecule has 0 bridgehead atoms. The van der Waals surface area contributed by atoms with E-state index in [9.17, 15) is 5.11 Å². The van der Waals surface area contributed by atoms with Crippen molar-refractivity contribution in [2.45, 2.75) is 6.42 Å². The highest BCUT2D eigenvalue weighted by molar-refractivity contribution is 9.10. The Labute approximate surface area is 104 Å². The smallest absolute Gasteiger partial charge is 0.122 e. The van der Waals surface area contributed by atoms with Gasteiger partial charge in [0.05, 0.1) is 26.9 Å². The van der Waals surface area contributed by atoms with Gasteiger partial charge in [0.2, 0.25) is 0 Å². The molecule has 2 rings (SSSR count). The van der Waals surface area contributed by atoms with E-state index in [-0.39, 0.29) is 12.0 Å². The maximum Gasteiger partial charge on any atom is 0.122 e. The summed E-state index contributed by atoms with van der Waals surface area (Å²) in [5.41, 5.74) is 0.989. The molecule has 1 aliphatic rings. The Morgan fingerprint density at radius 1 is 1.50 bits per heavy atom. The van der Waals surface area contributed by atoms with Crippen molar-refractivity contribution < 1.29 is 14.6 Å². The van der Waals surface area contributed by atoms with Crippen molar-refractivity contribution >= 4 is 15.9 Å². The number of ether oxygens (including phenoxy) is 2. The van der Waals surface area contributed by atoms with Gasteiger partial charge < -0.3 is 14.6 Å². The van der Waals surface area contributed by atoms with E-state index in [1.807, 2.05) is 18.2 Å². The van der Waals surface area contributed by atoms with Gasteiger partial charge in [-0.25, -0.2) is 0 Å². The van der Waals surface area contributed by atoms with Gasteiger partial charge in [0.15, 0.2) is 0 Å². The van der Waals surface area contributed by atoms with Crippen LogP contribution in [-0.2, 0) is 11.2 Å². The molecule has 1 aliphatic heterocycles. The summed E-state index contributed by atoms with van der Waals surface area (Å²) in [6.07, 6.45) is 0.784. The first-order valence-corrected chi connectivity index (χ1v) is 5.99. The van der Waals surface area contributed by atoms with E-state index >= 15 is 0 Å². The van der Waals surface area contributed by atoms with E-state index in [4.69, 9.17) is 9.47 Å². The van der Waals surface area contributed by atoms with Gasteiger partial charge >= 0.3 is 0 Å². The second-order valence-electron chi connectivity index (χ2n) is 4.28. The van der Waals surface area contributed by atoms with Crippen LogP contribution in [-0.4, -0.2) is 32.0 Å². The van der Waals surface area contributed by atoms with Crippen molar-refractivity contribution in [2.24, 2.45) is 5.41 Å². The van der Waals surface area contributed by atoms with Gasteiger partial charge in [-0.05, 0) is 30.2 Å². The lowest BCUT2D eigenvalue weighted by atomic mass is 9.80. The summed E-state index contributed by atoms with van der Waals surface area (Å²) in [5, 5.41) is 9.40. The van der Waals surface area contributed by atoms with E-state index < -0.39 is 0 Å². The normalized spacial score (nSPS) is 17.9. The third-order valence-electron chi connectivity index (χ3n) is 2.96. The van der Waals surface area contributed by atoms with Gasteiger partial charge in [-0.2, -0.15) is 0 Å². The second kappa shape index (κ2) is 4.73. The van der Waals surface area contributed by atoms with Gasteiger partial charge in [-0.3, -0.25) is 0 Å². The maximum atomic E-state index is 9.40. The van der Waals surface area contributed by atoms with Crippen LogP contribution in [0.3, 0.4) is 0 Å². The molecule has 0 radical (unpaired) electrons. The number of methoxy groups -OCH3 is 1. The zero-order valence-electron chi connectivity index (χ0n) is 9.20. The zero-order valence-corrected chi connectivity index (χ0v) is 10.8. The Morgan fingerprint density at radius 2 is 2.25 bits per heavy atom. The molecule has 0 spiro atoms. The minimum atomic E-state index is -0.117. The van der Waals surface area contributed by atoms with Crippen LogP contribution in [0, 0.1) is 5.41 Å². The van der Waals surface area contributed by atoms with Crippen molar-refractivity contribution in [3.63, 3.8) is 0 Å². The lowest BCUT2D eigenvalue weighted by molar-refractivity contribution is -0.136. The largest absolute Gasteiger partial charge is 0.496 e. The molecule has 1 aromatic carbocycles. The van der Waals surface area contributed by atoms with Crippen molar-refractivity contribution in [1.29, 1.82) is 0 Å². The monoisotopic (exact) mass is 286 g/mol. The summed E-state index contributed by atoms with van der Waals surface area (Å²) < 4.78 is 11.5. The van der Waals surface area contributed by atoms with Crippen molar-refractivity contribution in [1.82, 2.24) is 0 Å². The van der Waals surface area contributed by atoms with Gasteiger partial charge in [0.1, 0.15) is 5.75 Å². The average molecular weight is 287 g/mol. The lowest BCUT2D eigenvalue weighted by Crippen LogP contribution is -2.47. The number of halogens is 1. The van der Waals surface area contributed by atoms with Gasteiger partial charge in [-0.1, -0.05) is 15.9 Å². The zero-order chi connectivity index (χ0) is 11.6. The molecule has 0 amide bonds. The summed E-state index contributed by atoms with van der Waals surface area (Å²) in [7, 11) is 1.66. The Balaban J connectivity index is 2.22. The van der Waals surface area contributed by atoms with Crippen LogP contribution in [0.2, 0.25) is 0 Å². The average Bonchev–Trinajstić information content (AvgIpc) is 2.24. The van der Waals surface area contributed by atoms with Crippen molar-refractivity contribution in [3.8, 4) is 5.75 Å². The molecule has 88 valence electrons. The Hall–Kier alpha value is -0.580. The quantitative estimate of drug-likeness (QED) is 0.920. The second-order valence-corrected chi connectivity index (χ2v) is 5.20. The predicted molar refractivity (Wildman–Crippen MR) is 64.7 cm³/mol. The van der Waals surface area contributed by atoms with Crippen molar-refractivity contribution in [2.75, 3.05) is 26.9 Å². The highest BCUT2D eigenvalue weighted by atomic mass is 79.9. The highest BCUT2D eigenvalue weighted by Crippen LogP contribution is 2.35. The van der Waals surface area contributed by atoms with Crippen molar-refractivity contribution in [3.05, 3.63) is 28.2 Å². The first kappa shape index (κ1) is 11.9. The molecule has 0 atom stereocenters. The van der Waals surface area contributed by atoms with Crippen LogP contribution in [0.5, 0.6) is 5.75 Å². The first-order chi connectivity index (χ1) is 7.69. The van der Waals surface area contributed by atoms with Crippen LogP contribution in [0.1, 0.15) is 5.56 Å². The molecule has 1 heterocycles. The highest BCUT2D eigenvalue weighted by Gasteiger charge is 2.38. The van der Waals surface area contributed by atoms with Gasteiger partial charge in [0.25, 0.3) is 0 Å². The van der Waals surface area contributed by atoms with E-state index in [1.165, 1.54) is 0 Å². The molecule has 3 nitrogen and oxygen atoms in total. The van der Waals surface area contributed by atoms with Gasteiger partial charge in [0, 0.05) is 9.89 Å². The fourth-order valence-corrected chi connectivity index (χ4v) is 2.34. The molecule has 4 heteroatoms. The molecule has 0 unspecified atom stereocenters. The molecule has 1 N–H and O–H groups in total. The van der Waals surface area contributed by atoms with Crippen LogP contribution in [0.25, 0.3) is 0 Å². The molecular formula is C12H15BrO3. The number of aliphatic hydroxyl groups is 1. The van der Waals surface area contributed by atoms with Crippen LogP contribution >= 0.6 is 15.9 Å². The molecule has 0 aliphatic carbocycles. The van der Waals surface area contributed by atoms with E-state index in [0.717, 1.165) is 22.2 Å². The molecular weight excluding hydrogens is 272 g/mol. The summed E-state index contributed by atoms with van der Waals surface area (Å²) >= 11 is 3.45. The standard InChI is InChI=1S/C12H15BrO3/c1-15-11-3-2-10(13)4-9(11)5-12(6-14)7-16-8-12/h2-4,14H,5-8H2,1H3. The van der Waals surface area contributed by atoms with Crippen LogP contribution < -0.4 is 4.74 Å². The van der Waals surface area contributed by atoms with Gasteiger partial charge in [-0.15, -0.1) is 0 Å². The Kier molecular flexibility index (Phi) is 3.52. The maximum absolute atomic E-state index is 9.40.